The van der Waals surface area contributed by atoms with Gasteiger partial charge in [-0.1, -0.05) is 30.2 Å². The van der Waals surface area contributed by atoms with Crippen LogP contribution in [0.4, 0.5) is 0 Å². The monoisotopic (exact) mass is 519 g/mol. The Balaban J connectivity index is 0.00000432. The second-order valence-electron chi connectivity index (χ2n) is 6.57. The van der Waals surface area contributed by atoms with Crippen LogP contribution in [0.2, 0.25) is 5.02 Å². The normalized spacial score (nSPS) is 10.7. The van der Waals surface area contributed by atoms with Gasteiger partial charge in [0, 0.05) is 16.5 Å². The maximum Gasteiger partial charge on any atom is 0.368 e. The summed E-state index contributed by atoms with van der Waals surface area (Å²) < 4.78 is 20.9. The molecule has 1 aromatic heterocycles. The van der Waals surface area contributed by atoms with E-state index in [1.807, 2.05) is 0 Å². The van der Waals surface area contributed by atoms with Crippen LogP contribution in [0.5, 0.6) is 23.3 Å². The van der Waals surface area contributed by atoms with Crippen molar-refractivity contribution in [3.63, 3.8) is 0 Å². The maximum atomic E-state index is 12.9. The van der Waals surface area contributed by atoms with E-state index in [9.17, 15) is 4.79 Å². The Morgan fingerprint density at radius 1 is 0.943 bits per heavy atom. The molecule has 0 saturated carbocycles. The Morgan fingerprint density at radius 3 is 2.23 bits per heavy atom. The molecule has 186 valence electrons. The third-order valence-corrected chi connectivity index (χ3v) is 5.76. The summed E-state index contributed by atoms with van der Waals surface area (Å²) in [5.41, 5.74) is 1.19. The third kappa shape index (κ3) is 6.77. The molecule has 0 bridgehead atoms. The molecule has 3 aromatic rings. The molecule has 2 aromatic carbocycles. The van der Waals surface area contributed by atoms with Crippen LogP contribution in [0.25, 0.3) is 0 Å². The van der Waals surface area contributed by atoms with Gasteiger partial charge in [0.05, 0.1) is 50.8 Å². The zero-order valence-electron chi connectivity index (χ0n) is 19.1. The van der Waals surface area contributed by atoms with Gasteiger partial charge in [-0.05, 0) is 43.0 Å². The van der Waals surface area contributed by atoms with E-state index < -0.39 is 5.97 Å². The molecular weight excluding hydrogens is 494 g/mol. The Kier molecular flexibility index (Phi) is 10.2. The molecule has 3 rings (SSSR count). The average Bonchev–Trinajstić information content (AvgIpc) is 2.86. The SMILES string of the molecule is C.COc1ccc(/C(C)=N/OC(=O)c2c(Cl)cccc2Sc2nc(OC)cc(OC)n2)c(OC)c1. The first-order valence-corrected chi connectivity index (χ1v) is 11.0. The molecule has 11 heteroatoms. The summed E-state index contributed by atoms with van der Waals surface area (Å²) in [6.45, 7) is 1.69. The summed E-state index contributed by atoms with van der Waals surface area (Å²) in [5, 5.41) is 4.48. The Hall–Kier alpha value is -3.50. The Labute approximate surface area is 213 Å². The van der Waals surface area contributed by atoms with E-state index in [1.165, 1.54) is 21.3 Å². The molecule has 9 nitrogen and oxygen atoms in total. The van der Waals surface area contributed by atoms with Crippen LogP contribution in [0.1, 0.15) is 30.3 Å². The first kappa shape index (κ1) is 27.7. The van der Waals surface area contributed by atoms with Crippen molar-refractivity contribution in [3.05, 3.63) is 58.6 Å². The van der Waals surface area contributed by atoms with Gasteiger partial charge in [0.2, 0.25) is 11.8 Å². The number of halogens is 1. The number of ether oxygens (including phenoxy) is 4. The largest absolute Gasteiger partial charge is 0.497 e. The number of carbonyl (C=O) groups excluding carboxylic acids is 1. The molecule has 0 aliphatic carbocycles. The highest BCUT2D eigenvalue weighted by atomic mass is 35.5. The molecule has 35 heavy (non-hydrogen) atoms. The zero-order chi connectivity index (χ0) is 24.7. The second kappa shape index (κ2) is 12.8. The fourth-order valence-corrected chi connectivity index (χ4v) is 4.04. The number of oxime groups is 1. The molecule has 0 aliphatic heterocycles. The average molecular weight is 520 g/mol. The summed E-state index contributed by atoms with van der Waals surface area (Å²) in [6.07, 6.45) is 0. The lowest BCUT2D eigenvalue weighted by atomic mass is 10.1. The highest BCUT2D eigenvalue weighted by Crippen LogP contribution is 2.34. The number of hydrogen-bond acceptors (Lipinski definition) is 10. The van der Waals surface area contributed by atoms with E-state index in [0.717, 1.165) is 11.8 Å². The zero-order valence-corrected chi connectivity index (χ0v) is 20.7. The lowest BCUT2D eigenvalue weighted by Crippen LogP contribution is -2.07. The second-order valence-corrected chi connectivity index (χ2v) is 7.99. The fourth-order valence-electron chi connectivity index (χ4n) is 2.83. The molecular formula is C24H26ClN3O6S. The summed E-state index contributed by atoms with van der Waals surface area (Å²) >= 11 is 7.44. The minimum atomic E-state index is -0.741. The van der Waals surface area contributed by atoms with E-state index in [1.54, 1.807) is 56.5 Å². The molecule has 0 fully saturated rings. The van der Waals surface area contributed by atoms with Gasteiger partial charge in [-0.15, -0.1) is 0 Å². The van der Waals surface area contributed by atoms with Gasteiger partial charge in [0.15, 0.2) is 5.16 Å². The highest BCUT2D eigenvalue weighted by Gasteiger charge is 2.20. The smallest absolute Gasteiger partial charge is 0.368 e. The molecule has 0 aliphatic rings. The van der Waals surface area contributed by atoms with Crippen LogP contribution in [0.3, 0.4) is 0 Å². The maximum absolute atomic E-state index is 12.9. The van der Waals surface area contributed by atoms with E-state index in [-0.39, 0.29) is 18.0 Å². The summed E-state index contributed by atoms with van der Waals surface area (Å²) in [6, 6.07) is 11.8. The van der Waals surface area contributed by atoms with Gasteiger partial charge >= 0.3 is 5.97 Å². The van der Waals surface area contributed by atoms with Gasteiger partial charge in [-0.2, -0.15) is 9.97 Å². The van der Waals surface area contributed by atoms with Crippen LogP contribution >= 0.6 is 23.4 Å². The van der Waals surface area contributed by atoms with E-state index in [4.69, 9.17) is 35.4 Å². The van der Waals surface area contributed by atoms with Gasteiger partial charge < -0.3 is 23.8 Å². The van der Waals surface area contributed by atoms with Crippen LogP contribution in [0.15, 0.2) is 57.7 Å². The van der Waals surface area contributed by atoms with Crippen LogP contribution in [-0.4, -0.2) is 50.1 Å². The Morgan fingerprint density at radius 2 is 1.63 bits per heavy atom. The fraction of sp³-hybridized carbons (Fsp3) is 0.250. The summed E-state index contributed by atoms with van der Waals surface area (Å²) in [7, 11) is 6.05. The van der Waals surface area contributed by atoms with E-state index >= 15 is 0 Å². The number of carbonyl (C=O) groups is 1. The summed E-state index contributed by atoms with van der Waals surface area (Å²) in [4.78, 5) is 27.2. The van der Waals surface area contributed by atoms with Crippen molar-refractivity contribution in [2.75, 3.05) is 28.4 Å². The van der Waals surface area contributed by atoms with Crippen molar-refractivity contribution < 1.29 is 28.6 Å². The molecule has 0 amide bonds. The van der Waals surface area contributed by atoms with Crippen molar-refractivity contribution in [3.8, 4) is 23.3 Å². The molecule has 0 spiro atoms. The van der Waals surface area contributed by atoms with Crippen LogP contribution in [0, 0.1) is 0 Å². The van der Waals surface area contributed by atoms with Crippen molar-refractivity contribution in [2.24, 2.45) is 5.16 Å². The van der Waals surface area contributed by atoms with Crippen molar-refractivity contribution in [2.45, 2.75) is 24.4 Å². The number of nitrogens with zero attached hydrogens (tertiary/aromatic N) is 3. The number of rotatable bonds is 9. The Bertz CT molecular complexity index is 1200. The third-order valence-electron chi connectivity index (χ3n) is 4.52. The van der Waals surface area contributed by atoms with Crippen molar-refractivity contribution >= 4 is 35.0 Å². The molecule has 0 saturated heterocycles. The molecule has 0 N–H and O–H groups in total. The first-order valence-electron chi connectivity index (χ1n) is 9.81. The first-order chi connectivity index (χ1) is 16.4. The van der Waals surface area contributed by atoms with Gasteiger partial charge in [-0.25, -0.2) is 4.79 Å². The minimum Gasteiger partial charge on any atom is -0.497 e. The predicted octanol–water partition coefficient (Wildman–Crippen LogP) is 5.53. The standard InChI is InChI=1S/C23H22ClN3O6S.CH4/c1-13(15-10-9-14(29-2)11-17(15)30-3)27-33-22(28)21-16(24)7-6-8-18(21)34-23-25-19(31-4)12-20(26-23)32-5;/h6-12H,1-5H3;1H4/b27-13+;. The molecule has 0 radical (unpaired) electrons. The number of hydrogen-bond donors (Lipinski definition) is 0. The van der Waals surface area contributed by atoms with Crippen LogP contribution in [-0.2, 0) is 4.84 Å². The highest BCUT2D eigenvalue weighted by molar-refractivity contribution is 7.99. The number of aromatic nitrogens is 2. The lowest BCUT2D eigenvalue weighted by molar-refractivity contribution is 0.0512. The van der Waals surface area contributed by atoms with Crippen molar-refractivity contribution in [1.29, 1.82) is 0 Å². The molecule has 0 unspecified atom stereocenters. The van der Waals surface area contributed by atoms with E-state index in [2.05, 4.69) is 15.1 Å². The van der Waals surface area contributed by atoms with Crippen LogP contribution < -0.4 is 18.9 Å². The van der Waals surface area contributed by atoms with Gasteiger partial charge in [0.1, 0.15) is 11.5 Å². The molecule has 0 atom stereocenters. The lowest BCUT2D eigenvalue weighted by Gasteiger charge is -2.11. The minimum absolute atomic E-state index is 0. The predicted molar refractivity (Wildman–Crippen MR) is 135 cm³/mol. The summed E-state index contributed by atoms with van der Waals surface area (Å²) in [5.74, 6) is 1.03. The topological polar surface area (TPSA) is 101 Å². The van der Waals surface area contributed by atoms with E-state index in [0.29, 0.717) is 44.6 Å². The van der Waals surface area contributed by atoms with Gasteiger partial charge in [0.25, 0.3) is 0 Å². The van der Waals surface area contributed by atoms with Crippen molar-refractivity contribution in [1.82, 2.24) is 9.97 Å². The molecule has 1 heterocycles. The number of benzene rings is 2. The van der Waals surface area contributed by atoms with Gasteiger partial charge in [-0.3, -0.25) is 0 Å². The number of methoxy groups -OCH3 is 4. The quantitative estimate of drug-likeness (QED) is 0.156.